The Bertz CT molecular complexity index is 206. The largest absolute Gasteiger partial charge is 0.284 e. The van der Waals surface area contributed by atoms with Crippen LogP contribution in [0.1, 0.15) is 27.2 Å². The molecule has 0 N–H and O–H groups in total. The van der Waals surface area contributed by atoms with Gasteiger partial charge in [0.2, 0.25) is 0 Å². The lowest BCUT2D eigenvalue weighted by molar-refractivity contribution is -0.647. The molecule has 70 valence electrons. The highest BCUT2D eigenvalue weighted by molar-refractivity contribution is 4.78. The van der Waals surface area contributed by atoms with Gasteiger partial charge in [-0.15, -0.1) is 0 Å². The van der Waals surface area contributed by atoms with Crippen molar-refractivity contribution in [3.8, 4) is 0 Å². The van der Waals surface area contributed by atoms with E-state index in [1.165, 1.54) is 13.8 Å². The van der Waals surface area contributed by atoms with Crippen LogP contribution in [0.3, 0.4) is 0 Å². The van der Waals surface area contributed by atoms with Crippen LogP contribution in [-0.4, -0.2) is 21.4 Å². The van der Waals surface area contributed by atoms with Crippen LogP contribution in [0.5, 0.6) is 0 Å². The van der Waals surface area contributed by atoms with Crippen LogP contribution in [0.2, 0.25) is 0 Å². The van der Waals surface area contributed by atoms with Crippen molar-refractivity contribution in [3.63, 3.8) is 0 Å². The van der Waals surface area contributed by atoms with Crippen molar-refractivity contribution in [2.45, 2.75) is 38.8 Å². The number of hydrogen-bond acceptors (Lipinski definition) is 4. The quantitative estimate of drug-likeness (QED) is 0.474. The first-order valence-electron chi connectivity index (χ1n) is 3.64. The van der Waals surface area contributed by atoms with E-state index in [0.717, 1.165) is 0 Å². The standard InChI is InChI=1S/C6H12N2O4/c1-4-6(3,8(11)12)5(2)7(9)10/h5H,4H2,1-3H3. The minimum absolute atomic E-state index is 0.155. The van der Waals surface area contributed by atoms with Crippen LogP contribution < -0.4 is 0 Å². The van der Waals surface area contributed by atoms with Gasteiger partial charge in [0.05, 0.1) is 0 Å². The average molecular weight is 176 g/mol. The van der Waals surface area contributed by atoms with Crippen LogP contribution in [-0.2, 0) is 0 Å². The van der Waals surface area contributed by atoms with Gasteiger partial charge >= 0.3 is 0 Å². The molecule has 0 bridgehead atoms. The molecule has 0 saturated heterocycles. The Morgan fingerprint density at radius 2 is 1.83 bits per heavy atom. The summed E-state index contributed by atoms with van der Waals surface area (Å²) in [5.41, 5.74) is -1.45. The van der Waals surface area contributed by atoms with E-state index >= 15 is 0 Å². The molecule has 0 amide bonds. The van der Waals surface area contributed by atoms with Gasteiger partial charge < -0.3 is 0 Å². The first kappa shape index (κ1) is 10.8. The maximum absolute atomic E-state index is 10.5. The molecule has 0 radical (unpaired) electrons. The summed E-state index contributed by atoms with van der Waals surface area (Å²) in [5, 5.41) is 20.8. The average Bonchev–Trinajstić information content (AvgIpc) is 2.01. The Labute approximate surface area is 69.9 Å². The SMILES string of the molecule is CCC(C)(C(C)[N+](=O)[O-])[N+](=O)[O-]. The van der Waals surface area contributed by atoms with Gasteiger partial charge in [-0.25, -0.2) is 0 Å². The van der Waals surface area contributed by atoms with Gasteiger partial charge in [-0.2, -0.15) is 0 Å². The second kappa shape index (κ2) is 3.46. The number of hydrogen-bond donors (Lipinski definition) is 0. The van der Waals surface area contributed by atoms with Crippen LogP contribution in [0.4, 0.5) is 0 Å². The lowest BCUT2D eigenvalue weighted by Crippen LogP contribution is -2.48. The van der Waals surface area contributed by atoms with E-state index in [9.17, 15) is 20.2 Å². The van der Waals surface area contributed by atoms with Crippen molar-refractivity contribution < 1.29 is 9.85 Å². The van der Waals surface area contributed by atoms with E-state index in [1.807, 2.05) is 0 Å². The van der Waals surface area contributed by atoms with Gasteiger partial charge in [0.1, 0.15) is 0 Å². The molecule has 0 aliphatic carbocycles. The van der Waals surface area contributed by atoms with E-state index < -0.39 is 21.4 Å². The van der Waals surface area contributed by atoms with Gasteiger partial charge in [0.25, 0.3) is 11.6 Å². The van der Waals surface area contributed by atoms with Crippen molar-refractivity contribution >= 4 is 0 Å². The zero-order valence-corrected chi connectivity index (χ0v) is 7.31. The Morgan fingerprint density at radius 1 is 1.42 bits per heavy atom. The zero-order chi connectivity index (χ0) is 9.94. The molecule has 0 heterocycles. The second-order valence-corrected chi connectivity index (χ2v) is 2.93. The Morgan fingerprint density at radius 3 is 1.92 bits per heavy atom. The summed E-state index contributed by atoms with van der Waals surface area (Å²) < 4.78 is 0. The predicted octanol–water partition coefficient (Wildman–Crippen LogP) is 1.10. The minimum atomic E-state index is -1.45. The maximum atomic E-state index is 10.5. The van der Waals surface area contributed by atoms with E-state index in [4.69, 9.17) is 0 Å². The summed E-state index contributed by atoms with van der Waals surface area (Å²) in [7, 11) is 0. The van der Waals surface area contributed by atoms with Crippen LogP contribution in [0.15, 0.2) is 0 Å². The number of rotatable bonds is 4. The first-order valence-corrected chi connectivity index (χ1v) is 3.64. The summed E-state index contributed by atoms with van der Waals surface area (Å²) >= 11 is 0. The fraction of sp³-hybridized carbons (Fsp3) is 1.00. The highest BCUT2D eigenvalue weighted by Crippen LogP contribution is 2.20. The summed E-state index contributed by atoms with van der Waals surface area (Å²) in [6.45, 7) is 4.12. The fourth-order valence-corrected chi connectivity index (χ4v) is 0.804. The minimum Gasteiger partial charge on any atom is -0.264 e. The summed E-state index contributed by atoms with van der Waals surface area (Å²) in [5.74, 6) is 0. The van der Waals surface area contributed by atoms with Gasteiger partial charge in [0.15, 0.2) is 0 Å². The Hall–Kier alpha value is -1.20. The van der Waals surface area contributed by atoms with E-state index in [1.54, 1.807) is 6.92 Å². The molecule has 0 fully saturated rings. The summed E-state index contributed by atoms with van der Waals surface area (Å²) in [6, 6.07) is -1.16. The number of nitro groups is 2. The smallest absolute Gasteiger partial charge is 0.264 e. The van der Waals surface area contributed by atoms with E-state index in [2.05, 4.69) is 0 Å². The van der Waals surface area contributed by atoms with Crippen LogP contribution >= 0.6 is 0 Å². The lowest BCUT2D eigenvalue weighted by Gasteiger charge is -2.19. The predicted molar refractivity (Wildman–Crippen MR) is 42.1 cm³/mol. The third kappa shape index (κ3) is 1.69. The van der Waals surface area contributed by atoms with Gasteiger partial charge in [-0.1, -0.05) is 6.92 Å². The normalized spacial score (nSPS) is 17.9. The van der Waals surface area contributed by atoms with Crippen molar-refractivity contribution in [2.75, 3.05) is 0 Å². The molecular formula is C6H12N2O4. The number of nitrogens with zero attached hydrogens (tertiary/aromatic N) is 2. The molecule has 0 rings (SSSR count). The highest BCUT2D eigenvalue weighted by atomic mass is 16.6. The summed E-state index contributed by atoms with van der Waals surface area (Å²) in [6.07, 6.45) is 0.155. The van der Waals surface area contributed by atoms with Crippen molar-refractivity contribution in [2.24, 2.45) is 0 Å². The zero-order valence-electron chi connectivity index (χ0n) is 7.31. The third-order valence-corrected chi connectivity index (χ3v) is 2.35. The molecule has 12 heavy (non-hydrogen) atoms. The van der Waals surface area contributed by atoms with Gasteiger partial charge in [0, 0.05) is 30.1 Å². The molecule has 0 aliphatic heterocycles. The van der Waals surface area contributed by atoms with Crippen molar-refractivity contribution in [1.29, 1.82) is 0 Å². The molecule has 0 saturated carbocycles. The molecule has 6 nitrogen and oxygen atoms in total. The molecule has 0 aromatic heterocycles. The molecular weight excluding hydrogens is 164 g/mol. The maximum Gasteiger partial charge on any atom is 0.284 e. The molecule has 0 aliphatic rings. The fourth-order valence-electron chi connectivity index (χ4n) is 0.804. The highest BCUT2D eigenvalue weighted by Gasteiger charge is 2.49. The molecule has 0 aromatic rings. The molecule has 0 aromatic carbocycles. The molecule has 0 spiro atoms. The topological polar surface area (TPSA) is 86.3 Å². The van der Waals surface area contributed by atoms with Crippen LogP contribution in [0, 0.1) is 20.2 Å². The Balaban J connectivity index is 4.75. The van der Waals surface area contributed by atoms with E-state index in [-0.39, 0.29) is 6.42 Å². The van der Waals surface area contributed by atoms with Crippen LogP contribution in [0.25, 0.3) is 0 Å². The third-order valence-electron chi connectivity index (χ3n) is 2.35. The monoisotopic (exact) mass is 176 g/mol. The second-order valence-electron chi connectivity index (χ2n) is 2.93. The van der Waals surface area contributed by atoms with E-state index in [0.29, 0.717) is 0 Å². The molecule has 2 atom stereocenters. The van der Waals surface area contributed by atoms with Gasteiger partial charge in [-0.05, 0) is 0 Å². The Kier molecular flexibility index (Phi) is 3.12. The lowest BCUT2D eigenvalue weighted by atomic mass is 9.92. The van der Waals surface area contributed by atoms with Crippen molar-refractivity contribution in [1.82, 2.24) is 0 Å². The first-order chi connectivity index (χ1) is 5.36. The van der Waals surface area contributed by atoms with Gasteiger partial charge in [-0.3, -0.25) is 20.2 Å². The molecule has 2 unspecified atom stereocenters. The van der Waals surface area contributed by atoms with Crippen molar-refractivity contribution in [3.05, 3.63) is 20.2 Å². The summed E-state index contributed by atoms with van der Waals surface area (Å²) in [4.78, 5) is 19.6. The molecule has 6 heteroatoms.